The second-order valence-electron chi connectivity index (χ2n) is 4.05. The summed E-state index contributed by atoms with van der Waals surface area (Å²) in [6.07, 6.45) is 2.85. The Hall–Kier alpha value is -2.74. The maximum absolute atomic E-state index is 13.9. The number of methoxy groups -OCH3 is 1. The molecular formula is C13H14FN5O2. The van der Waals surface area contributed by atoms with E-state index in [1.807, 2.05) is 0 Å². The van der Waals surface area contributed by atoms with Gasteiger partial charge in [0.1, 0.15) is 0 Å². The van der Waals surface area contributed by atoms with Crippen LogP contribution in [0.5, 0.6) is 5.88 Å². The lowest BCUT2D eigenvalue weighted by atomic mass is 10.2. The van der Waals surface area contributed by atoms with Crippen LogP contribution >= 0.6 is 0 Å². The van der Waals surface area contributed by atoms with Crippen molar-refractivity contribution in [3.63, 3.8) is 0 Å². The predicted molar refractivity (Wildman–Crippen MR) is 74.0 cm³/mol. The molecule has 0 spiro atoms. The van der Waals surface area contributed by atoms with Crippen LogP contribution in [0.2, 0.25) is 0 Å². The number of pyridine rings is 2. The third kappa shape index (κ3) is 3.42. The molecule has 7 nitrogen and oxygen atoms in total. The number of amides is 1. The highest BCUT2D eigenvalue weighted by Gasteiger charge is 2.15. The van der Waals surface area contributed by atoms with Gasteiger partial charge in [-0.25, -0.2) is 20.2 Å². The maximum atomic E-state index is 13.9. The molecule has 0 bridgehead atoms. The average molecular weight is 291 g/mol. The van der Waals surface area contributed by atoms with Gasteiger partial charge in [0.25, 0.3) is 5.91 Å². The number of nitrogen functional groups attached to an aromatic ring is 1. The van der Waals surface area contributed by atoms with Gasteiger partial charge in [0, 0.05) is 25.0 Å². The first-order valence-corrected chi connectivity index (χ1v) is 6.04. The summed E-state index contributed by atoms with van der Waals surface area (Å²) in [7, 11) is 1.50. The molecule has 1 amide bonds. The van der Waals surface area contributed by atoms with Gasteiger partial charge < -0.3 is 15.5 Å². The highest BCUT2D eigenvalue weighted by atomic mass is 19.1. The van der Waals surface area contributed by atoms with Crippen LogP contribution in [0.15, 0.2) is 30.6 Å². The first kappa shape index (κ1) is 14.7. The molecule has 8 heteroatoms. The summed E-state index contributed by atoms with van der Waals surface area (Å²) in [5, 5.41) is 2.60. The molecule has 0 radical (unpaired) electrons. The van der Waals surface area contributed by atoms with E-state index < -0.39 is 11.7 Å². The molecule has 0 aliphatic heterocycles. The second-order valence-corrected chi connectivity index (χ2v) is 4.05. The van der Waals surface area contributed by atoms with Gasteiger partial charge in [-0.3, -0.25) is 4.79 Å². The third-order valence-corrected chi connectivity index (χ3v) is 2.73. The minimum absolute atomic E-state index is 0.140. The van der Waals surface area contributed by atoms with Gasteiger partial charge in [-0.15, -0.1) is 0 Å². The van der Waals surface area contributed by atoms with Crippen LogP contribution in [-0.2, 0) is 6.54 Å². The molecule has 0 aliphatic carbocycles. The molecule has 2 aromatic rings. The summed E-state index contributed by atoms with van der Waals surface area (Å²) in [6.45, 7) is 0.213. The molecule has 0 saturated heterocycles. The van der Waals surface area contributed by atoms with Crippen molar-refractivity contribution in [1.82, 2.24) is 15.3 Å². The number of carbonyl (C=O) groups is 1. The molecule has 0 atom stereocenters. The van der Waals surface area contributed by atoms with Gasteiger partial charge in [-0.2, -0.15) is 0 Å². The van der Waals surface area contributed by atoms with E-state index in [9.17, 15) is 9.18 Å². The van der Waals surface area contributed by atoms with E-state index in [2.05, 4.69) is 20.7 Å². The average Bonchev–Trinajstić information content (AvgIpc) is 2.53. The fourth-order valence-electron chi connectivity index (χ4n) is 1.67. The predicted octanol–water partition coefficient (Wildman–Crippen LogP) is 0.840. The Bertz CT molecular complexity index is 650. The SMILES string of the molecule is COc1cc(CNC(=O)c2ccnc(NN)c2F)ccn1. The van der Waals surface area contributed by atoms with Crippen molar-refractivity contribution in [3.05, 3.63) is 47.5 Å². The van der Waals surface area contributed by atoms with Crippen molar-refractivity contribution >= 4 is 11.7 Å². The molecule has 2 aromatic heterocycles. The summed E-state index contributed by atoms with van der Waals surface area (Å²) in [5.74, 6) is 3.99. The van der Waals surface area contributed by atoms with Crippen molar-refractivity contribution in [2.45, 2.75) is 6.54 Å². The first-order chi connectivity index (χ1) is 10.2. The molecule has 0 unspecified atom stereocenters. The van der Waals surface area contributed by atoms with Gasteiger partial charge >= 0.3 is 0 Å². The number of carbonyl (C=O) groups excluding carboxylic acids is 1. The van der Waals surface area contributed by atoms with Crippen molar-refractivity contribution in [2.24, 2.45) is 5.84 Å². The van der Waals surface area contributed by atoms with Crippen LogP contribution < -0.4 is 21.3 Å². The minimum Gasteiger partial charge on any atom is -0.481 e. The Kier molecular flexibility index (Phi) is 4.62. The number of ether oxygens (including phenoxy) is 1. The fraction of sp³-hybridized carbons (Fsp3) is 0.154. The Labute approximate surface area is 120 Å². The number of nitrogens with two attached hydrogens (primary N) is 1. The Morgan fingerprint density at radius 1 is 1.38 bits per heavy atom. The van der Waals surface area contributed by atoms with Gasteiger partial charge in [0.2, 0.25) is 5.88 Å². The second kappa shape index (κ2) is 6.62. The Balaban J connectivity index is 2.08. The number of rotatable bonds is 5. The van der Waals surface area contributed by atoms with Crippen LogP contribution in [-0.4, -0.2) is 23.0 Å². The number of nitrogens with zero attached hydrogens (tertiary/aromatic N) is 2. The van der Waals surface area contributed by atoms with E-state index >= 15 is 0 Å². The molecule has 4 N–H and O–H groups in total. The first-order valence-electron chi connectivity index (χ1n) is 6.04. The number of halogens is 1. The number of hydrazine groups is 1. The molecule has 110 valence electrons. The number of hydrogen-bond acceptors (Lipinski definition) is 6. The minimum atomic E-state index is -0.801. The van der Waals surface area contributed by atoms with Crippen molar-refractivity contribution < 1.29 is 13.9 Å². The van der Waals surface area contributed by atoms with Crippen LogP contribution in [0.1, 0.15) is 15.9 Å². The smallest absolute Gasteiger partial charge is 0.254 e. The van der Waals surface area contributed by atoms with E-state index in [-0.39, 0.29) is 17.9 Å². The fourth-order valence-corrected chi connectivity index (χ4v) is 1.67. The molecule has 2 rings (SSSR count). The quantitative estimate of drug-likeness (QED) is 0.557. The molecule has 2 heterocycles. The Morgan fingerprint density at radius 2 is 2.14 bits per heavy atom. The number of anilines is 1. The Morgan fingerprint density at radius 3 is 2.86 bits per heavy atom. The number of nitrogens with one attached hydrogen (secondary N) is 2. The van der Waals surface area contributed by atoms with Gasteiger partial charge in [-0.1, -0.05) is 0 Å². The zero-order valence-electron chi connectivity index (χ0n) is 11.3. The lowest BCUT2D eigenvalue weighted by molar-refractivity contribution is 0.0946. The molecule has 0 aliphatic rings. The highest BCUT2D eigenvalue weighted by molar-refractivity contribution is 5.95. The lowest BCUT2D eigenvalue weighted by Gasteiger charge is -2.08. The van der Waals surface area contributed by atoms with E-state index in [4.69, 9.17) is 10.6 Å². The van der Waals surface area contributed by atoms with Crippen molar-refractivity contribution in [1.29, 1.82) is 0 Å². The topological polar surface area (TPSA) is 102 Å². The molecule has 21 heavy (non-hydrogen) atoms. The van der Waals surface area contributed by atoms with Crippen LogP contribution in [0.3, 0.4) is 0 Å². The third-order valence-electron chi connectivity index (χ3n) is 2.73. The molecular weight excluding hydrogens is 277 g/mol. The largest absolute Gasteiger partial charge is 0.481 e. The standard InChI is InChI=1S/C13H14FN5O2/c1-21-10-6-8(2-4-16-10)7-18-13(20)9-3-5-17-12(19-15)11(9)14/h2-6H,7,15H2,1H3,(H,17,19)(H,18,20). The van der Waals surface area contributed by atoms with Crippen molar-refractivity contribution in [3.8, 4) is 5.88 Å². The summed E-state index contributed by atoms with van der Waals surface area (Å²) in [5.41, 5.74) is 2.73. The highest BCUT2D eigenvalue weighted by Crippen LogP contribution is 2.14. The maximum Gasteiger partial charge on any atom is 0.254 e. The van der Waals surface area contributed by atoms with Gasteiger partial charge in [0.15, 0.2) is 11.6 Å². The monoisotopic (exact) mass is 291 g/mol. The molecule has 0 fully saturated rings. The van der Waals surface area contributed by atoms with Crippen LogP contribution in [0, 0.1) is 5.82 Å². The lowest BCUT2D eigenvalue weighted by Crippen LogP contribution is -2.25. The zero-order chi connectivity index (χ0) is 15.2. The number of aromatic nitrogens is 2. The summed E-state index contributed by atoms with van der Waals surface area (Å²) >= 11 is 0. The molecule has 0 aromatic carbocycles. The van der Waals surface area contributed by atoms with E-state index in [0.717, 1.165) is 5.56 Å². The van der Waals surface area contributed by atoms with Crippen LogP contribution in [0.4, 0.5) is 10.2 Å². The van der Waals surface area contributed by atoms with Crippen molar-refractivity contribution in [2.75, 3.05) is 12.5 Å². The normalized spacial score (nSPS) is 10.0. The summed E-state index contributed by atoms with van der Waals surface area (Å²) < 4.78 is 18.9. The van der Waals surface area contributed by atoms with E-state index in [0.29, 0.717) is 5.88 Å². The summed E-state index contributed by atoms with van der Waals surface area (Å²) in [6, 6.07) is 4.67. The van der Waals surface area contributed by atoms with E-state index in [1.165, 1.54) is 19.4 Å². The van der Waals surface area contributed by atoms with Gasteiger partial charge in [0.05, 0.1) is 12.7 Å². The molecule has 0 saturated carbocycles. The number of hydrogen-bond donors (Lipinski definition) is 3. The summed E-state index contributed by atoms with van der Waals surface area (Å²) in [4.78, 5) is 19.6. The zero-order valence-corrected chi connectivity index (χ0v) is 11.3. The van der Waals surface area contributed by atoms with Gasteiger partial charge in [-0.05, 0) is 17.7 Å². The van der Waals surface area contributed by atoms with Crippen LogP contribution in [0.25, 0.3) is 0 Å². The van der Waals surface area contributed by atoms with E-state index in [1.54, 1.807) is 18.3 Å².